The number of rotatable bonds is 2. The zero-order valence-electron chi connectivity index (χ0n) is 9.59. The molecular weight excluding hydrogens is 242 g/mol. The number of aromatic amines is 1. The third-order valence-corrected chi connectivity index (χ3v) is 3.76. The Morgan fingerprint density at radius 3 is 2.44 bits per heavy atom. The molecule has 0 aliphatic heterocycles. The Labute approximate surface area is 109 Å². The number of benzene rings is 2. The lowest BCUT2D eigenvalue weighted by atomic mass is 10.2. The zero-order valence-corrected chi connectivity index (χ0v) is 10.4. The van der Waals surface area contributed by atoms with Crippen LogP contribution >= 0.6 is 11.8 Å². The van der Waals surface area contributed by atoms with E-state index in [1.165, 1.54) is 11.8 Å². The second kappa shape index (κ2) is 4.70. The summed E-state index contributed by atoms with van der Waals surface area (Å²) in [6, 6.07) is 17.5. The van der Waals surface area contributed by atoms with Crippen LogP contribution < -0.4 is 5.43 Å². The molecule has 0 bridgehead atoms. The fraction of sp³-hybridized carbons (Fsp3) is 0. The standard InChI is InChI=1S/C15H11NOS/c17-15-12-8-4-5-9-13(12)16-10-14(15)18-11-6-2-1-3-7-11/h1-10H,(H,16,17). The average molecular weight is 253 g/mol. The van der Waals surface area contributed by atoms with Gasteiger partial charge in [-0.2, -0.15) is 0 Å². The molecule has 1 N–H and O–H groups in total. The van der Waals surface area contributed by atoms with Crippen molar-refractivity contribution in [1.29, 1.82) is 0 Å². The maximum absolute atomic E-state index is 12.3. The molecule has 0 spiro atoms. The summed E-state index contributed by atoms with van der Waals surface area (Å²) in [6.07, 6.45) is 1.78. The molecule has 2 aromatic carbocycles. The summed E-state index contributed by atoms with van der Waals surface area (Å²) in [6.45, 7) is 0. The second-order valence-electron chi connectivity index (χ2n) is 3.94. The van der Waals surface area contributed by atoms with E-state index < -0.39 is 0 Å². The van der Waals surface area contributed by atoms with E-state index in [0.717, 1.165) is 20.7 Å². The van der Waals surface area contributed by atoms with Crippen molar-refractivity contribution in [3.8, 4) is 0 Å². The molecule has 0 atom stereocenters. The molecule has 0 aliphatic rings. The third kappa shape index (κ3) is 2.05. The highest BCUT2D eigenvalue weighted by molar-refractivity contribution is 7.99. The lowest BCUT2D eigenvalue weighted by Crippen LogP contribution is -2.04. The van der Waals surface area contributed by atoms with Gasteiger partial charge in [0.25, 0.3) is 0 Å². The van der Waals surface area contributed by atoms with Gasteiger partial charge in [0.15, 0.2) is 0 Å². The Hall–Kier alpha value is -2.00. The first-order valence-corrected chi connectivity index (χ1v) is 6.49. The second-order valence-corrected chi connectivity index (χ2v) is 5.06. The molecule has 0 amide bonds. The van der Waals surface area contributed by atoms with Gasteiger partial charge >= 0.3 is 0 Å². The van der Waals surface area contributed by atoms with E-state index in [4.69, 9.17) is 0 Å². The minimum absolute atomic E-state index is 0.0817. The molecule has 0 saturated carbocycles. The molecule has 3 rings (SSSR count). The van der Waals surface area contributed by atoms with Crippen LogP contribution in [0.3, 0.4) is 0 Å². The first-order valence-electron chi connectivity index (χ1n) is 5.68. The molecule has 1 heterocycles. The van der Waals surface area contributed by atoms with Crippen LogP contribution in [0.25, 0.3) is 10.9 Å². The van der Waals surface area contributed by atoms with Crippen molar-refractivity contribution < 1.29 is 0 Å². The van der Waals surface area contributed by atoms with Crippen LogP contribution in [0.5, 0.6) is 0 Å². The van der Waals surface area contributed by atoms with Crippen LogP contribution in [-0.2, 0) is 0 Å². The van der Waals surface area contributed by atoms with Crippen LogP contribution in [0, 0.1) is 0 Å². The molecular formula is C15H11NOS. The van der Waals surface area contributed by atoms with Crippen LogP contribution in [-0.4, -0.2) is 4.98 Å². The monoisotopic (exact) mass is 253 g/mol. The van der Waals surface area contributed by atoms with E-state index in [2.05, 4.69) is 4.98 Å². The summed E-state index contributed by atoms with van der Waals surface area (Å²) in [5, 5.41) is 0.735. The largest absolute Gasteiger partial charge is 0.360 e. The van der Waals surface area contributed by atoms with Gasteiger partial charge < -0.3 is 4.98 Å². The Bertz CT molecular complexity index is 734. The van der Waals surface area contributed by atoms with Gasteiger partial charge in [-0.25, -0.2) is 0 Å². The molecule has 88 valence electrons. The van der Waals surface area contributed by atoms with Gasteiger partial charge in [0, 0.05) is 22.0 Å². The molecule has 18 heavy (non-hydrogen) atoms. The van der Waals surface area contributed by atoms with E-state index in [1.807, 2.05) is 54.6 Å². The lowest BCUT2D eigenvalue weighted by molar-refractivity contribution is 1.25. The van der Waals surface area contributed by atoms with Gasteiger partial charge in [-0.15, -0.1) is 0 Å². The predicted octanol–water partition coefficient (Wildman–Crippen LogP) is 3.68. The van der Waals surface area contributed by atoms with Crippen molar-refractivity contribution in [3.05, 3.63) is 71.0 Å². The van der Waals surface area contributed by atoms with Gasteiger partial charge in [0.2, 0.25) is 5.43 Å². The number of H-pyrrole nitrogens is 1. The quantitative estimate of drug-likeness (QED) is 0.755. The summed E-state index contributed by atoms with van der Waals surface area (Å²) in [5.41, 5.74) is 0.957. The van der Waals surface area contributed by atoms with E-state index in [0.29, 0.717) is 0 Å². The van der Waals surface area contributed by atoms with Crippen molar-refractivity contribution >= 4 is 22.7 Å². The fourth-order valence-corrected chi connectivity index (χ4v) is 2.71. The number of hydrogen-bond donors (Lipinski definition) is 1. The topological polar surface area (TPSA) is 32.9 Å². The van der Waals surface area contributed by atoms with Crippen LogP contribution in [0.1, 0.15) is 0 Å². The molecule has 0 aliphatic carbocycles. The Balaban J connectivity index is 2.08. The van der Waals surface area contributed by atoms with E-state index in [-0.39, 0.29) is 5.43 Å². The van der Waals surface area contributed by atoms with Crippen LogP contribution in [0.4, 0.5) is 0 Å². The Kier molecular flexibility index (Phi) is 2.90. The Morgan fingerprint density at radius 1 is 0.889 bits per heavy atom. The molecule has 3 aromatic rings. The van der Waals surface area contributed by atoms with Crippen molar-refractivity contribution in [2.24, 2.45) is 0 Å². The van der Waals surface area contributed by atoms with E-state index >= 15 is 0 Å². The minimum Gasteiger partial charge on any atom is -0.360 e. The molecule has 3 heteroatoms. The minimum atomic E-state index is 0.0817. The third-order valence-electron chi connectivity index (χ3n) is 2.73. The molecule has 0 fully saturated rings. The first kappa shape index (κ1) is 11.1. The predicted molar refractivity (Wildman–Crippen MR) is 75.1 cm³/mol. The summed E-state index contributed by atoms with van der Waals surface area (Å²) in [4.78, 5) is 17.2. The van der Waals surface area contributed by atoms with Crippen molar-refractivity contribution in [2.45, 2.75) is 9.79 Å². The fourth-order valence-electron chi connectivity index (χ4n) is 1.84. The highest BCUT2D eigenvalue weighted by Crippen LogP contribution is 2.25. The van der Waals surface area contributed by atoms with Gasteiger partial charge in [-0.05, 0) is 24.3 Å². The summed E-state index contributed by atoms with van der Waals surface area (Å²) in [5.74, 6) is 0. The molecule has 0 unspecified atom stereocenters. The smallest absolute Gasteiger partial charge is 0.203 e. The number of fused-ring (bicyclic) bond motifs is 1. The maximum Gasteiger partial charge on any atom is 0.203 e. The van der Waals surface area contributed by atoms with E-state index in [9.17, 15) is 4.79 Å². The van der Waals surface area contributed by atoms with Crippen molar-refractivity contribution in [1.82, 2.24) is 4.98 Å². The summed E-state index contributed by atoms with van der Waals surface area (Å²) < 4.78 is 0. The van der Waals surface area contributed by atoms with Gasteiger partial charge in [-0.3, -0.25) is 4.79 Å². The number of nitrogens with one attached hydrogen (secondary N) is 1. The van der Waals surface area contributed by atoms with Gasteiger partial charge in [0.1, 0.15) is 0 Å². The number of aromatic nitrogens is 1. The summed E-state index contributed by atoms with van der Waals surface area (Å²) in [7, 11) is 0. The first-order chi connectivity index (χ1) is 8.84. The van der Waals surface area contributed by atoms with Gasteiger partial charge in [0.05, 0.1) is 4.90 Å². The maximum atomic E-state index is 12.3. The Morgan fingerprint density at radius 2 is 1.61 bits per heavy atom. The number of pyridine rings is 1. The number of hydrogen-bond acceptors (Lipinski definition) is 2. The zero-order chi connectivity index (χ0) is 12.4. The molecule has 1 aromatic heterocycles. The van der Waals surface area contributed by atoms with Crippen molar-refractivity contribution in [2.75, 3.05) is 0 Å². The molecule has 0 saturated heterocycles. The summed E-state index contributed by atoms with van der Waals surface area (Å²) >= 11 is 1.49. The van der Waals surface area contributed by atoms with Gasteiger partial charge in [-0.1, -0.05) is 42.1 Å². The van der Waals surface area contributed by atoms with Crippen molar-refractivity contribution in [3.63, 3.8) is 0 Å². The van der Waals surface area contributed by atoms with Crippen LogP contribution in [0.15, 0.2) is 75.4 Å². The van der Waals surface area contributed by atoms with E-state index in [1.54, 1.807) is 6.20 Å². The highest BCUT2D eigenvalue weighted by atomic mass is 32.2. The SMILES string of the molecule is O=c1c(Sc2ccccc2)c[nH]c2ccccc12. The molecule has 2 nitrogen and oxygen atoms in total. The highest BCUT2D eigenvalue weighted by Gasteiger charge is 2.05. The van der Waals surface area contributed by atoms with Crippen LogP contribution in [0.2, 0.25) is 0 Å². The lowest BCUT2D eigenvalue weighted by Gasteiger charge is -2.03. The molecule has 0 radical (unpaired) electrons. The number of para-hydroxylation sites is 1. The average Bonchev–Trinajstić information content (AvgIpc) is 2.43. The normalized spacial score (nSPS) is 10.7.